The summed E-state index contributed by atoms with van der Waals surface area (Å²) < 4.78 is 5.44. The minimum Gasteiger partial charge on any atom is -0.381 e. The van der Waals surface area contributed by atoms with Crippen molar-refractivity contribution in [3.8, 4) is 0 Å². The van der Waals surface area contributed by atoms with Gasteiger partial charge in [0.1, 0.15) is 0 Å². The van der Waals surface area contributed by atoms with E-state index in [0.29, 0.717) is 17.7 Å². The summed E-state index contributed by atoms with van der Waals surface area (Å²) in [6.07, 6.45) is 9.19. The third kappa shape index (κ3) is 4.09. The summed E-state index contributed by atoms with van der Waals surface area (Å²) in [6.45, 7) is 8.12. The summed E-state index contributed by atoms with van der Waals surface area (Å²) in [5.41, 5.74) is 4.28. The van der Waals surface area contributed by atoms with E-state index in [2.05, 4.69) is 47.1 Å². The number of nitrogens with zero attached hydrogens (tertiary/aromatic N) is 2. The zero-order valence-electron chi connectivity index (χ0n) is 18.4. The quantitative estimate of drug-likeness (QED) is 0.738. The Bertz CT molecular complexity index is 781. The van der Waals surface area contributed by atoms with Crippen LogP contribution in [0.5, 0.6) is 0 Å². The van der Waals surface area contributed by atoms with Crippen LogP contribution in [0.2, 0.25) is 0 Å². The molecule has 5 rings (SSSR count). The van der Waals surface area contributed by atoms with E-state index in [9.17, 15) is 4.79 Å². The van der Waals surface area contributed by atoms with Crippen molar-refractivity contribution < 1.29 is 9.53 Å². The van der Waals surface area contributed by atoms with Crippen LogP contribution in [0, 0.1) is 17.8 Å². The Hall–Kier alpha value is -1.65. The number of hydrogen-bond donors (Lipinski definition) is 0. The molecule has 3 atom stereocenters. The van der Waals surface area contributed by atoms with Crippen LogP contribution in [0.4, 0.5) is 0 Å². The monoisotopic (exact) mass is 408 g/mol. The third-order valence-corrected chi connectivity index (χ3v) is 8.03. The average Bonchev–Trinajstić information content (AvgIpc) is 3.49. The van der Waals surface area contributed by atoms with Crippen molar-refractivity contribution in [3.05, 3.63) is 41.5 Å². The number of hydrogen-bond acceptors (Lipinski definition) is 3. The molecule has 3 unspecified atom stereocenters. The first-order valence-corrected chi connectivity index (χ1v) is 12.1. The van der Waals surface area contributed by atoms with Gasteiger partial charge in [-0.25, -0.2) is 0 Å². The number of amides is 1. The summed E-state index contributed by atoms with van der Waals surface area (Å²) >= 11 is 0. The fourth-order valence-corrected chi connectivity index (χ4v) is 6.07. The van der Waals surface area contributed by atoms with Crippen LogP contribution in [0.3, 0.4) is 0 Å². The Morgan fingerprint density at radius 2 is 1.90 bits per heavy atom. The highest BCUT2D eigenvalue weighted by atomic mass is 16.5. The zero-order chi connectivity index (χ0) is 20.5. The molecular formula is C26H36N2O2. The van der Waals surface area contributed by atoms with Crippen LogP contribution in [0.15, 0.2) is 30.3 Å². The lowest BCUT2D eigenvalue weighted by molar-refractivity contribution is -0.137. The first-order chi connectivity index (χ1) is 14.7. The smallest absolute Gasteiger partial charge is 0.225 e. The van der Waals surface area contributed by atoms with Gasteiger partial charge in [-0.2, -0.15) is 0 Å². The Labute approximate surface area is 181 Å². The summed E-state index contributed by atoms with van der Waals surface area (Å²) in [6, 6.07) is 10.0. The van der Waals surface area contributed by atoms with Crippen molar-refractivity contribution in [2.75, 3.05) is 39.4 Å². The van der Waals surface area contributed by atoms with Gasteiger partial charge in [-0.3, -0.25) is 4.79 Å². The van der Waals surface area contributed by atoms with Gasteiger partial charge < -0.3 is 14.5 Å². The van der Waals surface area contributed by atoms with Gasteiger partial charge in [0.25, 0.3) is 0 Å². The molecule has 1 aromatic carbocycles. The highest BCUT2D eigenvalue weighted by molar-refractivity contribution is 5.80. The Kier molecular flexibility index (Phi) is 5.97. The van der Waals surface area contributed by atoms with Gasteiger partial charge in [-0.1, -0.05) is 30.3 Å². The van der Waals surface area contributed by atoms with Crippen LogP contribution in [-0.2, 0) is 16.0 Å². The topological polar surface area (TPSA) is 32.8 Å². The molecule has 3 saturated heterocycles. The molecule has 3 fully saturated rings. The van der Waals surface area contributed by atoms with Gasteiger partial charge >= 0.3 is 0 Å². The minimum absolute atomic E-state index is 0.183. The van der Waals surface area contributed by atoms with Crippen LogP contribution in [0.1, 0.15) is 50.2 Å². The standard InChI is InChI=1S/C26H36N2O2/c1-19-3-2-13-27(19)14-10-20-4-6-21(7-5-20)24-9-8-23-17-28(18-25(23)24)26(29)22-11-15-30-16-12-22/h4-7,9,19,22-23,25H,2-3,8,10-18H2,1H3. The minimum atomic E-state index is 0.183. The number of carbonyl (C=O) groups excluding carboxylic acids is 1. The highest BCUT2D eigenvalue weighted by Gasteiger charge is 2.41. The van der Waals surface area contributed by atoms with Gasteiger partial charge in [-0.15, -0.1) is 0 Å². The second kappa shape index (κ2) is 8.84. The molecule has 4 aliphatic rings. The highest BCUT2D eigenvalue weighted by Crippen LogP contribution is 2.43. The molecule has 0 N–H and O–H groups in total. The van der Waals surface area contributed by atoms with Crippen molar-refractivity contribution in [3.63, 3.8) is 0 Å². The van der Waals surface area contributed by atoms with Gasteiger partial charge in [0.2, 0.25) is 5.91 Å². The zero-order valence-corrected chi connectivity index (χ0v) is 18.4. The first-order valence-electron chi connectivity index (χ1n) is 12.1. The van der Waals surface area contributed by atoms with Gasteiger partial charge in [0, 0.05) is 50.7 Å². The Morgan fingerprint density at radius 3 is 2.63 bits per heavy atom. The lowest BCUT2D eigenvalue weighted by Gasteiger charge is -2.27. The molecule has 0 radical (unpaired) electrons. The maximum Gasteiger partial charge on any atom is 0.225 e. The fraction of sp³-hybridized carbons (Fsp3) is 0.654. The van der Waals surface area contributed by atoms with Crippen LogP contribution in [0.25, 0.3) is 5.57 Å². The van der Waals surface area contributed by atoms with E-state index < -0.39 is 0 Å². The molecule has 0 saturated carbocycles. The van der Waals surface area contributed by atoms with Crippen LogP contribution < -0.4 is 0 Å². The van der Waals surface area contributed by atoms with E-state index in [4.69, 9.17) is 4.74 Å². The maximum absolute atomic E-state index is 13.0. The normalized spacial score (nSPS) is 30.0. The van der Waals surface area contributed by atoms with Crippen molar-refractivity contribution in [1.29, 1.82) is 0 Å². The molecule has 3 aliphatic heterocycles. The van der Waals surface area contributed by atoms with Gasteiger partial charge in [0.15, 0.2) is 0 Å². The van der Waals surface area contributed by atoms with Crippen molar-refractivity contribution in [1.82, 2.24) is 9.80 Å². The van der Waals surface area contributed by atoms with Crippen LogP contribution >= 0.6 is 0 Å². The lowest BCUT2D eigenvalue weighted by atomic mass is 9.90. The number of allylic oxidation sites excluding steroid dienone is 1. The summed E-state index contributed by atoms with van der Waals surface area (Å²) in [5, 5.41) is 0. The number of likely N-dealkylation sites (tertiary alicyclic amines) is 2. The number of carbonyl (C=O) groups is 1. The fourth-order valence-electron chi connectivity index (χ4n) is 6.07. The Balaban J connectivity index is 1.19. The number of ether oxygens (including phenoxy) is 1. The second-order valence-corrected chi connectivity index (χ2v) is 9.87. The van der Waals surface area contributed by atoms with E-state index in [1.165, 1.54) is 42.6 Å². The summed E-state index contributed by atoms with van der Waals surface area (Å²) in [7, 11) is 0. The van der Waals surface area contributed by atoms with Gasteiger partial charge in [-0.05, 0) is 74.6 Å². The number of benzene rings is 1. The van der Waals surface area contributed by atoms with Crippen molar-refractivity contribution >= 4 is 11.5 Å². The van der Waals surface area contributed by atoms with E-state index in [1.54, 1.807) is 0 Å². The molecule has 0 bridgehead atoms. The van der Waals surface area contributed by atoms with E-state index >= 15 is 0 Å². The molecule has 30 heavy (non-hydrogen) atoms. The van der Waals surface area contributed by atoms with Gasteiger partial charge in [0.05, 0.1) is 0 Å². The molecule has 3 heterocycles. The molecule has 0 aromatic heterocycles. The average molecular weight is 409 g/mol. The predicted octanol–water partition coefficient (Wildman–Crippen LogP) is 4.00. The SMILES string of the molecule is CC1CCCN1CCc1ccc(C2=CCC3CN(C(=O)C4CCOCC4)CC23)cc1. The molecule has 1 amide bonds. The van der Waals surface area contributed by atoms with Crippen molar-refractivity contribution in [2.45, 2.75) is 51.5 Å². The van der Waals surface area contributed by atoms with Crippen LogP contribution in [-0.4, -0.2) is 61.1 Å². The van der Waals surface area contributed by atoms with E-state index in [1.807, 2.05) is 0 Å². The molecule has 1 aliphatic carbocycles. The van der Waals surface area contributed by atoms with Crippen molar-refractivity contribution in [2.24, 2.45) is 17.8 Å². The first kappa shape index (κ1) is 20.3. The largest absolute Gasteiger partial charge is 0.381 e. The molecular weight excluding hydrogens is 372 g/mol. The molecule has 1 aromatic rings. The third-order valence-electron chi connectivity index (χ3n) is 8.03. The number of rotatable bonds is 5. The molecule has 4 heteroatoms. The molecule has 4 nitrogen and oxygen atoms in total. The predicted molar refractivity (Wildman–Crippen MR) is 120 cm³/mol. The van der Waals surface area contributed by atoms with E-state index in [-0.39, 0.29) is 5.92 Å². The summed E-state index contributed by atoms with van der Waals surface area (Å²) in [5.74, 6) is 1.69. The second-order valence-electron chi connectivity index (χ2n) is 9.87. The number of fused-ring (bicyclic) bond motifs is 1. The Morgan fingerprint density at radius 1 is 1.10 bits per heavy atom. The lowest BCUT2D eigenvalue weighted by Crippen LogP contribution is -2.37. The molecule has 0 spiro atoms. The molecule has 162 valence electrons. The van der Waals surface area contributed by atoms with E-state index in [0.717, 1.165) is 58.0 Å². The summed E-state index contributed by atoms with van der Waals surface area (Å²) in [4.78, 5) is 17.8. The maximum atomic E-state index is 13.0.